The van der Waals surface area contributed by atoms with Gasteiger partial charge >= 0.3 is 6.03 Å². The molecule has 110 valence electrons. The van der Waals surface area contributed by atoms with Gasteiger partial charge in [-0.15, -0.1) is 0 Å². The molecular weight excluding hydrogens is 258 g/mol. The summed E-state index contributed by atoms with van der Waals surface area (Å²) in [7, 11) is 0. The Balaban J connectivity index is 2.64. The molecule has 0 bridgehead atoms. The summed E-state index contributed by atoms with van der Waals surface area (Å²) >= 11 is 0. The highest BCUT2D eigenvalue weighted by atomic mass is 16.5. The summed E-state index contributed by atoms with van der Waals surface area (Å²) in [5.74, 6) is -0.422. The maximum absolute atomic E-state index is 11.9. The van der Waals surface area contributed by atoms with Crippen LogP contribution in [0.25, 0.3) is 0 Å². The molecule has 0 radical (unpaired) electrons. The van der Waals surface area contributed by atoms with Gasteiger partial charge in [-0.25, -0.2) is 10.3 Å². The first-order valence-electron chi connectivity index (χ1n) is 6.50. The summed E-state index contributed by atoms with van der Waals surface area (Å²) in [6.45, 7) is 5.78. The third-order valence-corrected chi connectivity index (χ3v) is 2.72. The molecule has 4 N–H and O–H groups in total. The van der Waals surface area contributed by atoms with Gasteiger partial charge in [-0.1, -0.05) is 26.0 Å². The third-order valence-electron chi connectivity index (χ3n) is 2.72. The van der Waals surface area contributed by atoms with Crippen LogP contribution in [-0.4, -0.2) is 23.2 Å². The van der Waals surface area contributed by atoms with E-state index in [-0.39, 0.29) is 5.92 Å². The standard InChI is InChI=1S/C14H21N3O3/c1-9(2)7-12(13(18)17-20)16-14(19)15-11-6-4-5-10(3)8-11/h4-6,8-9,12,20H,7H2,1-3H3,(H,17,18)(H2,15,16,19)/t12-/m0/s1. The molecule has 0 heterocycles. The molecule has 6 heteroatoms. The highest BCUT2D eigenvalue weighted by Gasteiger charge is 2.21. The maximum Gasteiger partial charge on any atom is 0.319 e. The van der Waals surface area contributed by atoms with Gasteiger partial charge in [-0.2, -0.15) is 0 Å². The number of anilines is 1. The van der Waals surface area contributed by atoms with Crippen molar-refractivity contribution in [2.75, 3.05) is 5.32 Å². The topological polar surface area (TPSA) is 90.5 Å². The van der Waals surface area contributed by atoms with Crippen molar-refractivity contribution in [1.29, 1.82) is 0 Å². The number of carbonyl (C=O) groups is 2. The van der Waals surface area contributed by atoms with Gasteiger partial charge < -0.3 is 10.6 Å². The summed E-state index contributed by atoms with van der Waals surface area (Å²) in [6, 6.07) is 6.08. The Morgan fingerprint density at radius 1 is 1.30 bits per heavy atom. The van der Waals surface area contributed by atoms with E-state index in [1.165, 1.54) is 0 Å². The number of carbonyl (C=O) groups excluding carboxylic acids is 2. The van der Waals surface area contributed by atoms with Gasteiger partial charge in [0.1, 0.15) is 6.04 Å². The second kappa shape index (κ2) is 7.49. The van der Waals surface area contributed by atoms with Gasteiger partial charge in [-0.05, 0) is 37.0 Å². The molecule has 0 aliphatic heterocycles. The van der Waals surface area contributed by atoms with Crippen molar-refractivity contribution in [3.05, 3.63) is 29.8 Å². The lowest BCUT2D eigenvalue weighted by atomic mass is 10.0. The molecule has 0 fully saturated rings. The van der Waals surface area contributed by atoms with Crippen LogP contribution < -0.4 is 16.1 Å². The zero-order valence-corrected chi connectivity index (χ0v) is 11.9. The minimum absolute atomic E-state index is 0.205. The molecule has 0 spiro atoms. The second-order valence-electron chi connectivity index (χ2n) is 5.13. The fourth-order valence-electron chi connectivity index (χ4n) is 1.83. The van der Waals surface area contributed by atoms with E-state index in [9.17, 15) is 9.59 Å². The van der Waals surface area contributed by atoms with Crippen LogP contribution in [0.5, 0.6) is 0 Å². The number of hydrogen-bond donors (Lipinski definition) is 4. The molecule has 0 saturated carbocycles. The lowest BCUT2D eigenvalue weighted by Crippen LogP contribution is -2.48. The summed E-state index contributed by atoms with van der Waals surface area (Å²) < 4.78 is 0. The summed E-state index contributed by atoms with van der Waals surface area (Å²) in [5, 5.41) is 13.9. The van der Waals surface area contributed by atoms with Crippen LogP contribution in [0.2, 0.25) is 0 Å². The maximum atomic E-state index is 11.9. The van der Waals surface area contributed by atoms with Crippen LogP contribution in [-0.2, 0) is 4.79 Å². The van der Waals surface area contributed by atoms with E-state index >= 15 is 0 Å². The van der Waals surface area contributed by atoms with Crippen molar-refractivity contribution in [1.82, 2.24) is 10.8 Å². The van der Waals surface area contributed by atoms with Crippen LogP contribution in [0.3, 0.4) is 0 Å². The van der Waals surface area contributed by atoms with E-state index in [1.807, 2.05) is 39.0 Å². The Labute approximate surface area is 118 Å². The van der Waals surface area contributed by atoms with Gasteiger partial charge in [-0.3, -0.25) is 10.0 Å². The summed E-state index contributed by atoms with van der Waals surface area (Å²) in [6.07, 6.45) is 0.438. The predicted octanol–water partition coefficient (Wildman–Crippen LogP) is 2.04. The normalized spacial score (nSPS) is 11.8. The molecule has 0 aliphatic carbocycles. The van der Waals surface area contributed by atoms with Crippen molar-refractivity contribution in [3.63, 3.8) is 0 Å². The van der Waals surface area contributed by atoms with Crippen molar-refractivity contribution in [2.45, 2.75) is 33.2 Å². The van der Waals surface area contributed by atoms with E-state index < -0.39 is 18.0 Å². The lowest BCUT2D eigenvalue weighted by molar-refractivity contribution is -0.131. The van der Waals surface area contributed by atoms with Gasteiger partial charge in [0, 0.05) is 5.69 Å². The monoisotopic (exact) mass is 279 g/mol. The highest BCUT2D eigenvalue weighted by Crippen LogP contribution is 2.10. The largest absolute Gasteiger partial charge is 0.326 e. The Morgan fingerprint density at radius 3 is 2.55 bits per heavy atom. The minimum atomic E-state index is -0.773. The fraction of sp³-hybridized carbons (Fsp3) is 0.429. The minimum Gasteiger partial charge on any atom is -0.326 e. The van der Waals surface area contributed by atoms with Crippen LogP contribution in [0.1, 0.15) is 25.8 Å². The smallest absolute Gasteiger partial charge is 0.319 e. The van der Waals surface area contributed by atoms with E-state index in [0.29, 0.717) is 12.1 Å². The SMILES string of the molecule is Cc1cccc(NC(=O)N[C@@H](CC(C)C)C(=O)NO)c1. The van der Waals surface area contributed by atoms with E-state index in [4.69, 9.17) is 5.21 Å². The molecule has 1 atom stereocenters. The molecule has 1 rings (SSSR count). The number of amides is 3. The number of nitrogens with one attached hydrogen (secondary N) is 3. The predicted molar refractivity (Wildman–Crippen MR) is 76.5 cm³/mol. The molecular formula is C14H21N3O3. The van der Waals surface area contributed by atoms with Gasteiger partial charge in [0.2, 0.25) is 0 Å². The second-order valence-corrected chi connectivity index (χ2v) is 5.13. The number of rotatable bonds is 5. The molecule has 6 nitrogen and oxygen atoms in total. The third kappa shape index (κ3) is 5.27. The quantitative estimate of drug-likeness (QED) is 0.491. The number of hydroxylamine groups is 1. The Hall–Kier alpha value is -2.08. The Morgan fingerprint density at radius 2 is 2.00 bits per heavy atom. The van der Waals surface area contributed by atoms with Gasteiger partial charge in [0.25, 0.3) is 5.91 Å². The number of benzene rings is 1. The van der Waals surface area contributed by atoms with Crippen LogP contribution in [0.4, 0.5) is 10.5 Å². The summed E-state index contributed by atoms with van der Waals surface area (Å²) in [5.41, 5.74) is 3.24. The van der Waals surface area contributed by atoms with Crippen molar-refractivity contribution >= 4 is 17.6 Å². The van der Waals surface area contributed by atoms with E-state index in [0.717, 1.165) is 5.56 Å². The molecule has 20 heavy (non-hydrogen) atoms. The lowest BCUT2D eigenvalue weighted by Gasteiger charge is -2.19. The van der Waals surface area contributed by atoms with Crippen LogP contribution >= 0.6 is 0 Å². The van der Waals surface area contributed by atoms with Crippen molar-refractivity contribution < 1.29 is 14.8 Å². The van der Waals surface area contributed by atoms with Gasteiger partial charge in [0.15, 0.2) is 0 Å². The molecule has 1 aromatic carbocycles. The molecule has 0 unspecified atom stereocenters. The number of urea groups is 1. The molecule has 0 aromatic heterocycles. The van der Waals surface area contributed by atoms with Crippen molar-refractivity contribution in [3.8, 4) is 0 Å². The Kier molecular flexibility index (Phi) is 5.99. The first-order valence-corrected chi connectivity index (χ1v) is 6.50. The molecule has 0 aliphatic rings. The van der Waals surface area contributed by atoms with Crippen molar-refractivity contribution in [2.24, 2.45) is 5.92 Å². The van der Waals surface area contributed by atoms with E-state index in [1.54, 1.807) is 11.5 Å². The highest BCUT2D eigenvalue weighted by molar-refractivity contribution is 5.93. The first kappa shape index (κ1) is 16.0. The summed E-state index contributed by atoms with van der Waals surface area (Å²) in [4.78, 5) is 23.3. The Bertz CT molecular complexity index is 474. The van der Waals surface area contributed by atoms with Crippen LogP contribution in [0.15, 0.2) is 24.3 Å². The fourth-order valence-corrected chi connectivity index (χ4v) is 1.83. The zero-order valence-electron chi connectivity index (χ0n) is 11.9. The van der Waals surface area contributed by atoms with Gasteiger partial charge in [0.05, 0.1) is 0 Å². The average molecular weight is 279 g/mol. The molecule has 3 amide bonds. The van der Waals surface area contributed by atoms with Crippen LogP contribution in [0, 0.1) is 12.8 Å². The zero-order chi connectivity index (χ0) is 15.1. The van der Waals surface area contributed by atoms with E-state index in [2.05, 4.69) is 10.6 Å². The average Bonchev–Trinajstić information content (AvgIpc) is 2.36. The molecule has 1 aromatic rings. The first-order chi connectivity index (χ1) is 9.42. The molecule has 0 saturated heterocycles. The number of aryl methyl sites for hydroxylation is 1. The number of hydrogen-bond acceptors (Lipinski definition) is 3.